The Balaban J connectivity index is 2.47. The third kappa shape index (κ3) is 8.86. The highest BCUT2D eigenvalue weighted by molar-refractivity contribution is 6.01. The maximum Gasteiger partial charge on any atom is 0.203 e. The normalized spacial score (nSPS) is 16.3. The van der Waals surface area contributed by atoms with Gasteiger partial charge in [0.1, 0.15) is 19.8 Å². The number of benzene rings is 1. The van der Waals surface area contributed by atoms with Crippen LogP contribution in [0.1, 0.15) is 71.7 Å². The molecule has 0 radical (unpaired) electrons. The van der Waals surface area contributed by atoms with Crippen molar-refractivity contribution in [2.24, 2.45) is 5.73 Å². The van der Waals surface area contributed by atoms with E-state index in [9.17, 15) is 4.79 Å². The molecule has 2 rings (SSSR count). The fraction of sp³-hybridized carbons (Fsp3) is 0.552. The molecule has 1 aliphatic rings. The second-order valence-corrected chi connectivity index (χ2v) is 9.81. The predicted molar refractivity (Wildman–Crippen MR) is 144 cm³/mol. The second-order valence-electron chi connectivity index (χ2n) is 9.81. The SMILES string of the molecule is CCN1CCCC1C(N)C(=O)c1cc(OCC=C(C)C)c(OCC=C(C)C)c(OCC=C(C)C)c1. The molecule has 1 aromatic carbocycles. The molecular weight excluding hydrogens is 440 g/mol. The molecule has 6 nitrogen and oxygen atoms in total. The number of nitrogens with zero attached hydrogens (tertiary/aromatic N) is 1. The van der Waals surface area contributed by atoms with Crippen LogP contribution in [0, 0.1) is 0 Å². The number of ether oxygens (including phenoxy) is 3. The van der Waals surface area contributed by atoms with Gasteiger partial charge in [-0.3, -0.25) is 9.69 Å². The van der Waals surface area contributed by atoms with Gasteiger partial charge in [0.2, 0.25) is 5.75 Å². The van der Waals surface area contributed by atoms with Crippen LogP contribution in [-0.2, 0) is 0 Å². The van der Waals surface area contributed by atoms with Crippen molar-refractivity contribution in [2.75, 3.05) is 32.9 Å². The lowest BCUT2D eigenvalue weighted by atomic mass is 9.96. The van der Waals surface area contributed by atoms with E-state index in [1.165, 1.54) is 0 Å². The number of nitrogens with two attached hydrogens (primary N) is 1. The number of allylic oxidation sites excluding steroid dienone is 3. The minimum Gasteiger partial charge on any atom is -0.485 e. The third-order valence-corrected chi connectivity index (χ3v) is 6.02. The summed E-state index contributed by atoms with van der Waals surface area (Å²) in [7, 11) is 0. The topological polar surface area (TPSA) is 74.0 Å². The van der Waals surface area contributed by atoms with Crippen LogP contribution >= 0.6 is 0 Å². The van der Waals surface area contributed by atoms with Gasteiger partial charge in [0.25, 0.3) is 0 Å². The van der Waals surface area contributed by atoms with Crippen molar-refractivity contribution in [3.8, 4) is 17.2 Å². The first-order valence-corrected chi connectivity index (χ1v) is 12.6. The Labute approximate surface area is 211 Å². The van der Waals surface area contributed by atoms with Crippen molar-refractivity contribution in [3.05, 3.63) is 52.6 Å². The molecule has 2 unspecified atom stereocenters. The smallest absolute Gasteiger partial charge is 0.203 e. The third-order valence-electron chi connectivity index (χ3n) is 6.02. The molecule has 194 valence electrons. The van der Waals surface area contributed by atoms with Gasteiger partial charge in [0, 0.05) is 11.6 Å². The fourth-order valence-corrected chi connectivity index (χ4v) is 3.98. The summed E-state index contributed by atoms with van der Waals surface area (Å²) >= 11 is 0. The second kappa shape index (κ2) is 14.1. The first kappa shape index (κ1) is 28.7. The average Bonchev–Trinajstić information content (AvgIpc) is 3.27. The Morgan fingerprint density at radius 2 is 1.43 bits per heavy atom. The number of hydrogen-bond donors (Lipinski definition) is 1. The monoisotopic (exact) mass is 484 g/mol. The highest BCUT2D eigenvalue weighted by Crippen LogP contribution is 2.40. The van der Waals surface area contributed by atoms with Crippen LogP contribution in [0.2, 0.25) is 0 Å². The molecule has 0 aliphatic carbocycles. The predicted octanol–water partition coefficient (Wildman–Crippen LogP) is 5.72. The highest BCUT2D eigenvalue weighted by atomic mass is 16.5. The Morgan fingerprint density at radius 3 is 1.89 bits per heavy atom. The maximum absolute atomic E-state index is 13.5. The van der Waals surface area contributed by atoms with Crippen molar-refractivity contribution >= 4 is 5.78 Å². The van der Waals surface area contributed by atoms with Crippen LogP contribution in [0.25, 0.3) is 0 Å². The Morgan fingerprint density at radius 1 is 0.943 bits per heavy atom. The minimum absolute atomic E-state index is 0.0474. The Kier molecular flexibility index (Phi) is 11.5. The van der Waals surface area contributed by atoms with E-state index in [1.54, 1.807) is 12.1 Å². The molecule has 6 heteroatoms. The summed E-state index contributed by atoms with van der Waals surface area (Å²) in [5.74, 6) is 1.35. The van der Waals surface area contributed by atoms with E-state index in [0.29, 0.717) is 42.6 Å². The molecular formula is C29H44N2O4. The van der Waals surface area contributed by atoms with Gasteiger partial charge in [-0.15, -0.1) is 0 Å². The first-order valence-electron chi connectivity index (χ1n) is 12.6. The Bertz CT molecular complexity index is 893. The molecule has 2 N–H and O–H groups in total. The molecule has 0 spiro atoms. The van der Waals surface area contributed by atoms with Gasteiger partial charge >= 0.3 is 0 Å². The largest absolute Gasteiger partial charge is 0.485 e. The molecule has 0 saturated carbocycles. The van der Waals surface area contributed by atoms with Crippen molar-refractivity contribution < 1.29 is 19.0 Å². The number of Topliss-reactive ketones (excluding diaryl/α,β-unsaturated/α-hetero) is 1. The Hall–Kier alpha value is -2.57. The number of rotatable bonds is 13. The summed E-state index contributed by atoms with van der Waals surface area (Å²) in [5.41, 5.74) is 10.4. The van der Waals surface area contributed by atoms with E-state index in [4.69, 9.17) is 19.9 Å². The van der Waals surface area contributed by atoms with E-state index in [1.807, 2.05) is 59.8 Å². The lowest BCUT2D eigenvalue weighted by molar-refractivity contribution is 0.0907. The van der Waals surface area contributed by atoms with Crippen molar-refractivity contribution in [1.82, 2.24) is 4.90 Å². The van der Waals surface area contributed by atoms with Crippen molar-refractivity contribution in [3.63, 3.8) is 0 Å². The van der Waals surface area contributed by atoms with E-state index in [0.717, 1.165) is 42.7 Å². The van der Waals surface area contributed by atoms with Gasteiger partial charge in [-0.25, -0.2) is 0 Å². The molecule has 1 fully saturated rings. The molecule has 2 atom stereocenters. The van der Waals surface area contributed by atoms with E-state index in [2.05, 4.69) is 11.8 Å². The number of hydrogen-bond acceptors (Lipinski definition) is 6. The van der Waals surface area contributed by atoms with Crippen LogP contribution in [0.5, 0.6) is 17.2 Å². The summed E-state index contributed by atoms with van der Waals surface area (Å²) in [4.78, 5) is 15.8. The van der Waals surface area contributed by atoms with Gasteiger partial charge in [-0.2, -0.15) is 0 Å². The number of likely N-dealkylation sites (N-methyl/N-ethyl adjacent to an activating group) is 1. The standard InChI is InChI=1S/C29H44N2O4/c1-8-31-14-9-10-24(31)27(30)28(32)23-18-25(33-15-11-20(2)3)29(35-17-13-22(6)7)26(19-23)34-16-12-21(4)5/h11-13,18-19,24,27H,8-10,14-17,30H2,1-7H3. The van der Waals surface area contributed by atoms with Crippen molar-refractivity contribution in [1.29, 1.82) is 0 Å². The number of carbonyl (C=O) groups excluding carboxylic acids is 1. The molecule has 1 saturated heterocycles. The first-order chi connectivity index (χ1) is 16.6. The fourth-order valence-electron chi connectivity index (χ4n) is 3.98. The van der Waals surface area contributed by atoms with Crippen molar-refractivity contribution in [2.45, 2.75) is 73.4 Å². The van der Waals surface area contributed by atoms with E-state index < -0.39 is 6.04 Å². The number of likely N-dealkylation sites (tertiary alicyclic amines) is 1. The zero-order valence-electron chi connectivity index (χ0n) is 22.6. The number of carbonyl (C=O) groups is 1. The van der Waals surface area contributed by atoms with Crippen LogP contribution in [0.3, 0.4) is 0 Å². The summed E-state index contributed by atoms with van der Waals surface area (Å²) in [5, 5.41) is 0. The quantitative estimate of drug-likeness (QED) is 0.285. The molecule has 0 aromatic heterocycles. The summed E-state index contributed by atoms with van der Waals surface area (Å²) < 4.78 is 18.3. The maximum atomic E-state index is 13.5. The number of ketones is 1. The molecule has 35 heavy (non-hydrogen) atoms. The lowest BCUT2D eigenvalue weighted by Crippen LogP contribution is -2.48. The van der Waals surface area contributed by atoms with Gasteiger partial charge in [-0.05, 0) is 97.8 Å². The lowest BCUT2D eigenvalue weighted by Gasteiger charge is -2.27. The van der Waals surface area contributed by atoms with Gasteiger partial charge in [0.05, 0.1) is 6.04 Å². The van der Waals surface area contributed by atoms with Crippen LogP contribution in [-0.4, -0.2) is 55.7 Å². The summed E-state index contributed by atoms with van der Waals surface area (Å²) in [6.45, 7) is 17.2. The zero-order valence-corrected chi connectivity index (χ0v) is 22.6. The molecule has 1 aliphatic heterocycles. The molecule has 1 aromatic rings. The molecule has 0 bridgehead atoms. The summed E-state index contributed by atoms with van der Waals surface area (Å²) in [6, 6.07) is 2.94. The van der Waals surface area contributed by atoms with Crippen LogP contribution in [0.4, 0.5) is 0 Å². The van der Waals surface area contributed by atoms with Gasteiger partial charge in [-0.1, -0.05) is 23.6 Å². The van der Waals surface area contributed by atoms with Gasteiger partial charge < -0.3 is 19.9 Å². The summed E-state index contributed by atoms with van der Waals surface area (Å²) in [6.07, 6.45) is 7.96. The van der Waals surface area contributed by atoms with E-state index >= 15 is 0 Å². The molecule has 0 amide bonds. The minimum atomic E-state index is -0.605. The highest BCUT2D eigenvalue weighted by Gasteiger charge is 2.34. The zero-order chi connectivity index (χ0) is 26.0. The van der Waals surface area contributed by atoms with Crippen LogP contribution < -0.4 is 19.9 Å². The van der Waals surface area contributed by atoms with Gasteiger partial charge in [0.15, 0.2) is 17.3 Å². The van der Waals surface area contributed by atoms with Crippen LogP contribution in [0.15, 0.2) is 47.1 Å². The van der Waals surface area contributed by atoms with E-state index in [-0.39, 0.29) is 11.8 Å². The average molecular weight is 485 g/mol. The molecule has 1 heterocycles.